The van der Waals surface area contributed by atoms with Gasteiger partial charge < -0.3 is 4.90 Å². The number of hydrogen-bond donors (Lipinski definition) is 0. The van der Waals surface area contributed by atoms with Gasteiger partial charge in [0.05, 0.1) is 0 Å². The van der Waals surface area contributed by atoms with E-state index in [1.54, 1.807) is 18.2 Å². The minimum absolute atomic E-state index is 0.518. The maximum atomic E-state index is 12.2. The molecule has 0 bridgehead atoms. The van der Waals surface area contributed by atoms with Gasteiger partial charge in [-0.05, 0) is 23.8 Å². The van der Waals surface area contributed by atoms with Gasteiger partial charge >= 0.3 is 6.18 Å². The molecule has 0 amide bonds. The molecule has 0 aliphatic heterocycles. The van der Waals surface area contributed by atoms with Crippen LogP contribution >= 0.6 is 31.9 Å². The van der Waals surface area contributed by atoms with Crippen LogP contribution in [0, 0.1) is 0 Å². The van der Waals surface area contributed by atoms with Crippen molar-refractivity contribution in [3.63, 3.8) is 0 Å². The summed E-state index contributed by atoms with van der Waals surface area (Å²) in [6.07, 6.45) is -4.19. The van der Waals surface area contributed by atoms with Gasteiger partial charge in [0.15, 0.2) is 0 Å². The molecule has 0 atom stereocenters. The van der Waals surface area contributed by atoms with E-state index in [-0.39, 0.29) is 0 Å². The summed E-state index contributed by atoms with van der Waals surface area (Å²) in [5, 5.41) is 0.518. The molecule has 1 aromatic carbocycles. The van der Waals surface area contributed by atoms with Gasteiger partial charge in [-0.1, -0.05) is 31.9 Å². The van der Waals surface area contributed by atoms with Crippen LogP contribution in [0.25, 0.3) is 0 Å². The molecule has 1 aromatic rings. The Balaban J connectivity index is 2.94. The summed E-state index contributed by atoms with van der Waals surface area (Å²) in [6.45, 7) is -0.950. The van der Waals surface area contributed by atoms with Gasteiger partial charge in [-0.2, -0.15) is 13.2 Å². The van der Waals surface area contributed by atoms with Crippen molar-refractivity contribution < 1.29 is 13.2 Å². The summed E-state index contributed by atoms with van der Waals surface area (Å²) in [6, 6.07) is 5.21. The predicted molar refractivity (Wildman–Crippen MR) is 66.1 cm³/mol. The van der Waals surface area contributed by atoms with Gasteiger partial charge in [-0.25, -0.2) is 0 Å². The van der Waals surface area contributed by atoms with E-state index in [1.807, 2.05) is 0 Å². The minimum atomic E-state index is -4.19. The third kappa shape index (κ3) is 3.97. The highest BCUT2D eigenvalue weighted by molar-refractivity contribution is 9.10. The summed E-state index contributed by atoms with van der Waals surface area (Å²) < 4.78 is 37.6. The molecule has 0 saturated heterocycles. The Hall–Kier alpha value is -0.230. The summed E-state index contributed by atoms with van der Waals surface area (Å²) >= 11 is 6.55. The van der Waals surface area contributed by atoms with Crippen LogP contribution in [0.2, 0.25) is 0 Å². The van der Waals surface area contributed by atoms with Crippen LogP contribution in [0.5, 0.6) is 0 Å². The standard InChI is InChI=1S/C10H10Br2F3N/c1-16(6-10(13,14)15)9-3-2-8(12)4-7(9)5-11/h2-4H,5-6H2,1H3. The Morgan fingerprint density at radius 1 is 1.31 bits per heavy atom. The number of alkyl halides is 4. The second-order valence-electron chi connectivity index (χ2n) is 3.38. The fourth-order valence-corrected chi connectivity index (χ4v) is 2.25. The molecule has 0 saturated carbocycles. The second-order valence-corrected chi connectivity index (χ2v) is 4.85. The molecule has 0 aliphatic carbocycles. The monoisotopic (exact) mass is 359 g/mol. The van der Waals surface area contributed by atoms with E-state index < -0.39 is 12.7 Å². The molecule has 0 spiro atoms. The molecule has 0 radical (unpaired) electrons. The highest BCUT2D eigenvalue weighted by atomic mass is 79.9. The summed E-state index contributed by atoms with van der Waals surface area (Å²) in [4.78, 5) is 1.20. The lowest BCUT2D eigenvalue weighted by Gasteiger charge is -2.23. The zero-order chi connectivity index (χ0) is 12.3. The minimum Gasteiger partial charge on any atom is -0.365 e. The lowest BCUT2D eigenvalue weighted by Crippen LogP contribution is -2.31. The Kier molecular flexibility index (Phi) is 4.67. The van der Waals surface area contributed by atoms with E-state index in [9.17, 15) is 13.2 Å². The van der Waals surface area contributed by atoms with Crippen molar-refractivity contribution in [2.45, 2.75) is 11.5 Å². The molecule has 0 fully saturated rings. The summed E-state index contributed by atoms with van der Waals surface area (Å²) in [5.41, 5.74) is 1.40. The first kappa shape index (κ1) is 13.8. The molecular formula is C10H10Br2F3N. The number of hydrogen-bond acceptors (Lipinski definition) is 1. The maximum absolute atomic E-state index is 12.2. The van der Waals surface area contributed by atoms with Crippen LogP contribution in [0.1, 0.15) is 5.56 Å². The average molecular weight is 361 g/mol. The Bertz CT molecular complexity index is 366. The van der Waals surface area contributed by atoms with Gasteiger partial charge in [-0.15, -0.1) is 0 Å². The van der Waals surface area contributed by atoms with E-state index in [1.165, 1.54) is 11.9 Å². The Labute approximate surface area is 109 Å². The zero-order valence-corrected chi connectivity index (χ0v) is 11.7. The van der Waals surface area contributed by atoms with Crippen LogP contribution in [0.4, 0.5) is 18.9 Å². The van der Waals surface area contributed by atoms with Gasteiger partial charge in [0, 0.05) is 22.5 Å². The maximum Gasteiger partial charge on any atom is 0.405 e. The molecule has 6 heteroatoms. The zero-order valence-electron chi connectivity index (χ0n) is 8.48. The lowest BCUT2D eigenvalue weighted by atomic mass is 10.2. The smallest absolute Gasteiger partial charge is 0.365 e. The van der Waals surface area contributed by atoms with E-state index in [0.29, 0.717) is 11.0 Å². The van der Waals surface area contributed by atoms with Crippen molar-refractivity contribution in [1.29, 1.82) is 0 Å². The number of rotatable bonds is 3. The van der Waals surface area contributed by atoms with Crippen LogP contribution in [0.15, 0.2) is 22.7 Å². The lowest BCUT2D eigenvalue weighted by molar-refractivity contribution is -0.119. The number of anilines is 1. The molecule has 0 heterocycles. The molecule has 0 N–H and O–H groups in total. The molecule has 16 heavy (non-hydrogen) atoms. The molecule has 90 valence electrons. The first-order chi connectivity index (χ1) is 7.33. The van der Waals surface area contributed by atoms with E-state index in [2.05, 4.69) is 31.9 Å². The normalized spacial score (nSPS) is 11.6. The first-order valence-electron chi connectivity index (χ1n) is 4.46. The van der Waals surface area contributed by atoms with Gasteiger partial charge in [0.25, 0.3) is 0 Å². The van der Waals surface area contributed by atoms with Crippen molar-refractivity contribution in [1.82, 2.24) is 0 Å². The molecule has 1 nitrogen and oxygen atoms in total. The van der Waals surface area contributed by atoms with Crippen molar-refractivity contribution in [2.24, 2.45) is 0 Å². The molecule has 1 rings (SSSR count). The average Bonchev–Trinajstić information content (AvgIpc) is 2.14. The number of nitrogens with zero attached hydrogens (tertiary/aromatic N) is 1. The largest absolute Gasteiger partial charge is 0.405 e. The van der Waals surface area contributed by atoms with Crippen molar-refractivity contribution >= 4 is 37.5 Å². The highest BCUT2D eigenvalue weighted by Gasteiger charge is 2.29. The van der Waals surface area contributed by atoms with Gasteiger partial charge in [-0.3, -0.25) is 0 Å². The van der Waals surface area contributed by atoms with Crippen LogP contribution in [-0.2, 0) is 5.33 Å². The quantitative estimate of drug-likeness (QED) is 0.724. The van der Waals surface area contributed by atoms with Crippen LogP contribution in [0.3, 0.4) is 0 Å². The summed E-state index contributed by atoms with van der Waals surface area (Å²) in [7, 11) is 1.43. The fourth-order valence-electron chi connectivity index (χ4n) is 1.39. The van der Waals surface area contributed by atoms with E-state index >= 15 is 0 Å². The van der Waals surface area contributed by atoms with Crippen LogP contribution in [-0.4, -0.2) is 19.8 Å². The topological polar surface area (TPSA) is 3.24 Å². The second kappa shape index (κ2) is 5.40. The molecule has 0 aliphatic rings. The van der Waals surface area contributed by atoms with Crippen molar-refractivity contribution in [2.75, 3.05) is 18.5 Å². The van der Waals surface area contributed by atoms with Crippen molar-refractivity contribution in [3.8, 4) is 0 Å². The third-order valence-corrected chi connectivity index (χ3v) is 3.11. The van der Waals surface area contributed by atoms with Crippen molar-refractivity contribution in [3.05, 3.63) is 28.2 Å². The number of halogens is 5. The Morgan fingerprint density at radius 3 is 2.44 bits per heavy atom. The van der Waals surface area contributed by atoms with Gasteiger partial charge in [0.1, 0.15) is 6.54 Å². The van der Waals surface area contributed by atoms with E-state index in [4.69, 9.17) is 0 Å². The van der Waals surface area contributed by atoms with Crippen LogP contribution < -0.4 is 4.90 Å². The summed E-state index contributed by atoms with van der Waals surface area (Å²) in [5.74, 6) is 0. The van der Waals surface area contributed by atoms with E-state index in [0.717, 1.165) is 10.0 Å². The Morgan fingerprint density at radius 2 is 1.94 bits per heavy atom. The number of benzene rings is 1. The first-order valence-corrected chi connectivity index (χ1v) is 6.37. The fraction of sp³-hybridized carbons (Fsp3) is 0.400. The third-order valence-electron chi connectivity index (χ3n) is 2.01. The van der Waals surface area contributed by atoms with Gasteiger partial charge in [0.2, 0.25) is 0 Å². The highest BCUT2D eigenvalue weighted by Crippen LogP contribution is 2.28. The molecule has 0 aromatic heterocycles. The molecular weight excluding hydrogens is 351 g/mol. The molecule has 0 unspecified atom stereocenters. The SMILES string of the molecule is CN(CC(F)(F)F)c1ccc(Br)cc1CBr. The predicted octanol–water partition coefficient (Wildman–Crippen LogP) is 4.34.